The molecule has 0 radical (unpaired) electrons. The zero-order valence-corrected chi connectivity index (χ0v) is 12.6. The molecule has 2 aromatic rings. The van der Waals surface area contributed by atoms with E-state index in [9.17, 15) is 4.39 Å². The van der Waals surface area contributed by atoms with E-state index in [-0.39, 0.29) is 17.6 Å². The molecule has 5 heteroatoms. The summed E-state index contributed by atoms with van der Waals surface area (Å²) in [5.74, 6) is -0.150. The quantitative estimate of drug-likeness (QED) is 0.825. The van der Waals surface area contributed by atoms with Gasteiger partial charge in [0.1, 0.15) is 0 Å². The van der Waals surface area contributed by atoms with E-state index in [0.717, 1.165) is 11.3 Å². The maximum Gasteiger partial charge on any atom is 0.165 e. The van der Waals surface area contributed by atoms with Gasteiger partial charge < -0.3 is 10.1 Å². The molecule has 0 aliphatic rings. The third kappa shape index (κ3) is 3.35. The number of anilines is 1. The van der Waals surface area contributed by atoms with Crippen LogP contribution >= 0.6 is 23.2 Å². The Morgan fingerprint density at radius 2 is 1.85 bits per heavy atom. The van der Waals surface area contributed by atoms with Gasteiger partial charge in [0, 0.05) is 11.7 Å². The lowest BCUT2D eigenvalue weighted by Gasteiger charge is -2.17. The van der Waals surface area contributed by atoms with Crippen LogP contribution in [0.1, 0.15) is 18.5 Å². The minimum Gasteiger partial charge on any atom is -0.494 e. The van der Waals surface area contributed by atoms with E-state index < -0.39 is 0 Å². The summed E-state index contributed by atoms with van der Waals surface area (Å²) < 4.78 is 18.4. The molecule has 1 N–H and O–H groups in total. The highest BCUT2D eigenvalue weighted by molar-refractivity contribution is 6.42. The molecule has 0 saturated heterocycles. The van der Waals surface area contributed by atoms with Crippen LogP contribution in [0.5, 0.6) is 5.75 Å². The fraction of sp³-hybridized carbons (Fsp3) is 0.200. The van der Waals surface area contributed by atoms with Crippen molar-refractivity contribution in [2.45, 2.75) is 13.0 Å². The summed E-state index contributed by atoms with van der Waals surface area (Å²) in [6.07, 6.45) is 0. The first-order valence-electron chi connectivity index (χ1n) is 6.06. The van der Waals surface area contributed by atoms with Crippen LogP contribution in [-0.2, 0) is 0 Å². The Balaban J connectivity index is 2.19. The summed E-state index contributed by atoms with van der Waals surface area (Å²) in [6, 6.07) is 10.1. The first-order chi connectivity index (χ1) is 9.51. The van der Waals surface area contributed by atoms with E-state index in [2.05, 4.69) is 5.32 Å². The number of rotatable bonds is 4. The molecule has 0 aliphatic carbocycles. The number of nitrogens with one attached hydrogen (secondary N) is 1. The minimum absolute atomic E-state index is 0.0262. The van der Waals surface area contributed by atoms with Gasteiger partial charge >= 0.3 is 0 Å². The maximum atomic E-state index is 13.4. The van der Waals surface area contributed by atoms with Crippen molar-refractivity contribution in [1.82, 2.24) is 0 Å². The predicted molar refractivity (Wildman–Crippen MR) is 81.5 cm³/mol. The molecule has 0 bridgehead atoms. The smallest absolute Gasteiger partial charge is 0.165 e. The van der Waals surface area contributed by atoms with Gasteiger partial charge in [0.15, 0.2) is 11.6 Å². The highest BCUT2D eigenvalue weighted by Crippen LogP contribution is 2.28. The third-order valence-electron chi connectivity index (χ3n) is 2.98. The Hall–Kier alpha value is -1.45. The number of hydrogen-bond donors (Lipinski definition) is 1. The summed E-state index contributed by atoms with van der Waals surface area (Å²) in [5.41, 5.74) is 1.75. The van der Waals surface area contributed by atoms with Crippen LogP contribution in [0.3, 0.4) is 0 Å². The van der Waals surface area contributed by atoms with Crippen molar-refractivity contribution in [2.75, 3.05) is 12.4 Å². The second kappa shape index (κ2) is 6.33. The lowest BCUT2D eigenvalue weighted by Crippen LogP contribution is -2.07. The van der Waals surface area contributed by atoms with E-state index in [0.29, 0.717) is 10.0 Å². The van der Waals surface area contributed by atoms with Crippen LogP contribution in [0.2, 0.25) is 10.0 Å². The Kier molecular flexibility index (Phi) is 4.73. The van der Waals surface area contributed by atoms with Crippen molar-refractivity contribution in [3.8, 4) is 5.75 Å². The van der Waals surface area contributed by atoms with Crippen molar-refractivity contribution in [1.29, 1.82) is 0 Å². The van der Waals surface area contributed by atoms with Gasteiger partial charge in [0.2, 0.25) is 0 Å². The third-order valence-corrected chi connectivity index (χ3v) is 3.72. The molecule has 0 fully saturated rings. The maximum absolute atomic E-state index is 13.4. The average Bonchev–Trinajstić information content (AvgIpc) is 2.43. The molecule has 1 atom stereocenters. The highest BCUT2D eigenvalue weighted by Gasteiger charge is 2.10. The topological polar surface area (TPSA) is 21.3 Å². The van der Waals surface area contributed by atoms with E-state index in [4.69, 9.17) is 27.9 Å². The zero-order valence-electron chi connectivity index (χ0n) is 11.1. The Morgan fingerprint density at radius 1 is 1.10 bits per heavy atom. The van der Waals surface area contributed by atoms with Crippen molar-refractivity contribution in [3.63, 3.8) is 0 Å². The molecule has 0 heterocycles. The number of hydrogen-bond acceptors (Lipinski definition) is 2. The van der Waals surface area contributed by atoms with Gasteiger partial charge in [0.25, 0.3) is 0 Å². The van der Waals surface area contributed by atoms with Crippen LogP contribution in [-0.4, -0.2) is 7.11 Å². The average molecular weight is 314 g/mol. The lowest BCUT2D eigenvalue weighted by molar-refractivity contribution is 0.385. The fourth-order valence-corrected chi connectivity index (χ4v) is 2.16. The molecule has 2 rings (SSSR count). The second-order valence-corrected chi connectivity index (χ2v) is 5.20. The van der Waals surface area contributed by atoms with E-state index in [1.54, 1.807) is 24.3 Å². The molecule has 0 amide bonds. The highest BCUT2D eigenvalue weighted by atomic mass is 35.5. The molecule has 2 nitrogen and oxygen atoms in total. The molecule has 0 aliphatic heterocycles. The van der Waals surface area contributed by atoms with Crippen molar-refractivity contribution >= 4 is 28.9 Å². The number of halogens is 3. The Bertz CT molecular complexity index is 619. The van der Waals surface area contributed by atoms with Crippen molar-refractivity contribution in [2.24, 2.45) is 0 Å². The normalized spacial score (nSPS) is 12.1. The van der Waals surface area contributed by atoms with Crippen LogP contribution in [0.25, 0.3) is 0 Å². The fourth-order valence-electron chi connectivity index (χ4n) is 1.86. The molecular formula is C15H14Cl2FNO. The van der Waals surface area contributed by atoms with E-state index >= 15 is 0 Å². The van der Waals surface area contributed by atoms with Crippen LogP contribution < -0.4 is 10.1 Å². The van der Waals surface area contributed by atoms with Gasteiger partial charge in [-0.15, -0.1) is 0 Å². The molecular weight excluding hydrogens is 300 g/mol. The van der Waals surface area contributed by atoms with E-state index in [1.807, 2.05) is 13.0 Å². The van der Waals surface area contributed by atoms with Gasteiger partial charge in [-0.2, -0.15) is 0 Å². The van der Waals surface area contributed by atoms with Gasteiger partial charge in [-0.3, -0.25) is 0 Å². The summed E-state index contributed by atoms with van der Waals surface area (Å²) in [5, 5.41) is 4.27. The second-order valence-electron chi connectivity index (χ2n) is 4.39. The Labute approximate surface area is 127 Å². The van der Waals surface area contributed by atoms with Crippen LogP contribution in [0.15, 0.2) is 36.4 Å². The van der Waals surface area contributed by atoms with Gasteiger partial charge in [-0.1, -0.05) is 29.3 Å². The molecule has 20 heavy (non-hydrogen) atoms. The minimum atomic E-state index is -0.377. The molecule has 106 valence electrons. The first kappa shape index (κ1) is 14.9. The summed E-state index contributed by atoms with van der Waals surface area (Å²) in [6.45, 7) is 1.97. The number of ether oxygens (including phenoxy) is 1. The van der Waals surface area contributed by atoms with Crippen molar-refractivity contribution < 1.29 is 9.13 Å². The summed E-state index contributed by atoms with van der Waals surface area (Å²) in [4.78, 5) is 0. The summed E-state index contributed by atoms with van der Waals surface area (Å²) >= 11 is 11.8. The predicted octanol–water partition coefficient (Wildman–Crippen LogP) is 5.31. The van der Waals surface area contributed by atoms with Gasteiger partial charge in [-0.25, -0.2) is 4.39 Å². The summed E-state index contributed by atoms with van der Waals surface area (Å²) in [7, 11) is 1.44. The zero-order chi connectivity index (χ0) is 14.7. The monoisotopic (exact) mass is 313 g/mol. The van der Waals surface area contributed by atoms with Gasteiger partial charge in [0.05, 0.1) is 17.2 Å². The standard InChI is InChI=1S/C15H14Cl2FNO/c1-9(10-3-6-14(18)15(7-10)20-2)19-11-4-5-12(16)13(17)8-11/h3-9,19H,1-2H3. The Morgan fingerprint density at radius 3 is 2.50 bits per heavy atom. The largest absolute Gasteiger partial charge is 0.494 e. The van der Waals surface area contributed by atoms with Gasteiger partial charge in [-0.05, 0) is 42.8 Å². The number of methoxy groups -OCH3 is 1. The van der Waals surface area contributed by atoms with Crippen molar-refractivity contribution in [3.05, 3.63) is 57.8 Å². The molecule has 0 spiro atoms. The molecule has 2 aromatic carbocycles. The first-order valence-corrected chi connectivity index (χ1v) is 6.82. The molecule has 0 aromatic heterocycles. The molecule has 0 saturated carbocycles. The SMILES string of the molecule is COc1cc(C(C)Nc2ccc(Cl)c(Cl)c2)ccc1F. The molecule has 1 unspecified atom stereocenters. The lowest BCUT2D eigenvalue weighted by atomic mass is 10.1. The van der Waals surface area contributed by atoms with Crippen LogP contribution in [0, 0.1) is 5.82 Å². The number of benzene rings is 2. The van der Waals surface area contributed by atoms with E-state index in [1.165, 1.54) is 13.2 Å². The van der Waals surface area contributed by atoms with Crippen LogP contribution in [0.4, 0.5) is 10.1 Å².